The minimum Gasteiger partial charge on any atom is -0.476 e. The Hall–Kier alpha value is -1.43. The Balaban J connectivity index is 2.76. The van der Waals surface area contributed by atoms with Crippen LogP contribution in [0.25, 0.3) is 5.52 Å². The van der Waals surface area contributed by atoms with Crippen molar-refractivity contribution in [2.24, 2.45) is 0 Å². The topological polar surface area (TPSA) is 54.6 Å². The van der Waals surface area contributed by atoms with Crippen molar-refractivity contribution in [1.29, 1.82) is 0 Å². The molecule has 6 heteroatoms. The van der Waals surface area contributed by atoms with Gasteiger partial charge in [0.05, 0.1) is 11.7 Å². The molecule has 2 rings (SSSR count). The Kier molecular flexibility index (Phi) is 1.99. The van der Waals surface area contributed by atoms with Crippen LogP contribution in [0, 0.1) is 5.82 Å². The first-order valence-electron chi connectivity index (χ1n) is 3.65. The number of aromatic carboxylic acids is 1. The molecule has 2 aromatic rings. The lowest BCUT2D eigenvalue weighted by Gasteiger charge is -1.95. The van der Waals surface area contributed by atoms with Crippen molar-refractivity contribution in [3.63, 3.8) is 0 Å². The van der Waals surface area contributed by atoms with Gasteiger partial charge in [0, 0.05) is 4.47 Å². The molecule has 0 fully saturated rings. The molecule has 1 N–H and O–H groups in total. The number of halogens is 2. The zero-order valence-electron chi connectivity index (χ0n) is 6.74. The van der Waals surface area contributed by atoms with Crippen LogP contribution >= 0.6 is 15.9 Å². The number of carboxylic acid groups (broad SMARTS) is 1. The summed E-state index contributed by atoms with van der Waals surface area (Å²) in [4.78, 5) is 10.6. The molecular formula is C8H4BrFN2O2. The molecule has 0 aliphatic heterocycles. The standard InChI is InChI=1S/C8H4BrFN2O2/c9-5-1-4(10)3-12-7(5)2-6(11-12)8(13)14/h1-3H,(H,13,14). The maximum absolute atomic E-state index is 12.9. The molecule has 0 amide bonds. The second-order valence-electron chi connectivity index (χ2n) is 2.67. The first-order chi connectivity index (χ1) is 6.58. The number of fused-ring (bicyclic) bond motifs is 1. The summed E-state index contributed by atoms with van der Waals surface area (Å²) < 4.78 is 14.5. The van der Waals surface area contributed by atoms with Gasteiger partial charge in [-0.2, -0.15) is 5.10 Å². The average molecular weight is 259 g/mol. The molecule has 0 aromatic carbocycles. The molecule has 72 valence electrons. The number of pyridine rings is 1. The molecule has 0 aliphatic carbocycles. The van der Waals surface area contributed by atoms with E-state index >= 15 is 0 Å². The van der Waals surface area contributed by atoms with Gasteiger partial charge in [-0.1, -0.05) is 0 Å². The zero-order chi connectivity index (χ0) is 10.3. The maximum atomic E-state index is 12.9. The first kappa shape index (κ1) is 9.14. The normalized spacial score (nSPS) is 10.7. The minimum absolute atomic E-state index is 0.115. The first-order valence-corrected chi connectivity index (χ1v) is 4.45. The second kappa shape index (κ2) is 3.06. The number of hydrogen-bond donors (Lipinski definition) is 1. The highest BCUT2D eigenvalue weighted by Crippen LogP contribution is 2.20. The summed E-state index contributed by atoms with van der Waals surface area (Å²) >= 11 is 3.12. The summed E-state index contributed by atoms with van der Waals surface area (Å²) in [6.07, 6.45) is 1.12. The highest BCUT2D eigenvalue weighted by atomic mass is 79.9. The van der Waals surface area contributed by atoms with Crippen molar-refractivity contribution >= 4 is 27.4 Å². The molecular weight excluding hydrogens is 255 g/mol. The monoisotopic (exact) mass is 258 g/mol. The van der Waals surface area contributed by atoms with Crippen molar-refractivity contribution in [3.8, 4) is 0 Å². The lowest BCUT2D eigenvalue weighted by Crippen LogP contribution is -1.97. The van der Waals surface area contributed by atoms with E-state index in [1.54, 1.807) is 0 Å². The van der Waals surface area contributed by atoms with Crippen molar-refractivity contribution < 1.29 is 14.3 Å². The third kappa shape index (κ3) is 1.37. The van der Waals surface area contributed by atoms with Crippen LogP contribution in [0.3, 0.4) is 0 Å². The number of aromatic nitrogens is 2. The van der Waals surface area contributed by atoms with E-state index in [9.17, 15) is 9.18 Å². The highest BCUT2D eigenvalue weighted by molar-refractivity contribution is 9.10. The predicted octanol–water partition coefficient (Wildman–Crippen LogP) is 1.93. The highest BCUT2D eigenvalue weighted by Gasteiger charge is 2.11. The molecule has 2 aromatic heterocycles. The van der Waals surface area contributed by atoms with E-state index in [4.69, 9.17) is 5.11 Å². The van der Waals surface area contributed by atoms with Gasteiger partial charge in [-0.05, 0) is 28.1 Å². The lowest BCUT2D eigenvalue weighted by molar-refractivity contribution is 0.0690. The van der Waals surface area contributed by atoms with Crippen LogP contribution in [0.5, 0.6) is 0 Å². The zero-order valence-corrected chi connectivity index (χ0v) is 8.32. The molecule has 0 saturated heterocycles. The number of nitrogens with zero attached hydrogens (tertiary/aromatic N) is 2. The Morgan fingerprint density at radius 2 is 2.29 bits per heavy atom. The fourth-order valence-electron chi connectivity index (χ4n) is 1.12. The molecule has 0 aliphatic rings. The Bertz CT molecular complexity index is 523. The van der Waals surface area contributed by atoms with Gasteiger partial charge in [0.25, 0.3) is 0 Å². The predicted molar refractivity (Wildman–Crippen MR) is 49.8 cm³/mol. The maximum Gasteiger partial charge on any atom is 0.356 e. The Labute approximate surface area is 86.1 Å². The van der Waals surface area contributed by atoms with Gasteiger partial charge in [-0.25, -0.2) is 13.7 Å². The largest absolute Gasteiger partial charge is 0.476 e. The summed E-state index contributed by atoms with van der Waals surface area (Å²) in [6, 6.07) is 2.62. The minimum atomic E-state index is -1.14. The van der Waals surface area contributed by atoms with Gasteiger partial charge < -0.3 is 5.11 Å². The molecule has 4 nitrogen and oxygen atoms in total. The number of carboxylic acids is 1. The van der Waals surface area contributed by atoms with Crippen LogP contribution in [0.15, 0.2) is 22.8 Å². The van der Waals surface area contributed by atoms with E-state index in [-0.39, 0.29) is 5.69 Å². The van der Waals surface area contributed by atoms with Crippen molar-refractivity contribution in [3.05, 3.63) is 34.3 Å². The summed E-state index contributed by atoms with van der Waals surface area (Å²) in [5.74, 6) is -1.62. The smallest absolute Gasteiger partial charge is 0.356 e. The van der Waals surface area contributed by atoms with Gasteiger partial charge >= 0.3 is 5.97 Å². The molecule has 0 atom stereocenters. The van der Waals surface area contributed by atoms with E-state index in [0.29, 0.717) is 9.99 Å². The molecule has 0 unspecified atom stereocenters. The van der Waals surface area contributed by atoms with Crippen molar-refractivity contribution in [1.82, 2.24) is 9.61 Å². The van der Waals surface area contributed by atoms with Gasteiger partial charge in [0.1, 0.15) is 5.82 Å². The average Bonchev–Trinajstić information content (AvgIpc) is 2.47. The van der Waals surface area contributed by atoms with Gasteiger partial charge in [-0.15, -0.1) is 0 Å². The third-order valence-electron chi connectivity index (χ3n) is 1.71. The second-order valence-corrected chi connectivity index (χ2v) is 3.53. The van der Waals surface area contributed by atoms with E-state index in [0.717, 1.165) is 6.20 Å². The van der Waals surface area contributed by atoms with Crippen LogP contribution in [0.2, 0.25) is 0 Å². The quantitative estimate of drug-likeness (QED) is 0.851. The SMILES string of the molecule is O=C(O)c1cc2c(Br)cc(F)cn2n1. The lowest BCUT2D eigenvalue weighted by atomic mass is 10.3. The molecule has 0 saturated carbocycles. The van der Waals surface area contributed by atoms with Crippen LogP contribution in [-0.4, -0.2) is 20.7 Å². The number of carbonyl (C=O) groups is 1. The molecule has 0 radical (unpaired) electrons. The van der Waals surface area contributed by atoms with Crippen LogP contribution in [0.1, 0.15) is 10.5 Å². The van der Waals surface area contributed by atoms with Crippen molar-refractivity contribution in [2.45, 2.75) is 0 Å². The van der Waals surface area contributed by atoms with Crippen molar-refractivity contribution in [2.75, 3.05) is 0 Å². The van der Waals surface area contributed by atoms with Crippen LogP contribution < -0.4 is 0 Å². The van der Waals surface area contributed by atoms with E-state index in [1.807, 2.05) is 0 Å². The summed E-state index contributed by atoms with van der Waals surface area (Å²) in [5.41, 5.74) is 0.403. The number of rotatable bonds is 1. The molecule has 14 heavy (non-hydrogen) atoms. The van der Waals surface area contributed by atoms with Gasteiger partial charge in [0.15, 0.2) is 5.69 Å². The van der Waals surface area contributed by atoms with E-state index < -0.39 is 11.8 Å². The van der Waals surface area contributed by atoms with E-state index in [2.05, 4.69) is 21.0 Å². The van der Waals surface area contributed by atoms with Gasteiger partial charge in [0.2, 0.25) is 0 Å². The Morgan fingerprint density at radius 3 is 2.93 bits per heavy atom. The fourth-order valence-corrected chi connectivity index (χ4v) is 1.64. The Morgan fingerprint density at radius 1 is 1.57 bits per heavy atom. The van der Waals surface area contributed by atoms with E-state index in [1.165, 1.54) is 16.6 Å². The molecule has 0 bridgehead atoms. The fraction of sp³-hybridized carbons (Fsp3) is 0. The molecule has 0 spiro atoms. The molecule has 2 heterocycles. The summed E-state index contributed by atoms with van der Waals surface area (Å²) in [7, 11) is 0. The van der Waals surface area contributed by atoms with Crippen LogP contribution in [-0.2, 0) is 0 Å². The number of hydrogen-bond acceptors (Lipinski definition) is 2. The van der Waals surface area contributed by atoms with Crippen LogP contribution in [0.4, 0.5) is 4.39 Å². The third-order valence-corrected chi connectivity index (χ3v) is 2.34. The summed E-state index contributed by atoms with van der Waals surface area (Å²) in [6.45, 7) is 0. The summed E-state index contributed by atoms with van der Waals surface area (Å²) in [5, 5.41) is 12.3. The van der Waals surface area contributed by atoms with Gasteiger partial charge in [-0.3, -0.25) is 0 Å².